The molecule has 2 N–H and O–H groups in total. The smallest absolute Gasteiger partial charge is 0.123 e. The number of fused-ring (bicyclic) bond motifs is 1. The van der Waals surface area contributed by atoms with Crippen molar-refractivity contribution in [3.63, 3.8) is 0 Å². The molecule has 1 fully saturated rings. The number of aromatic nitrogens is 1. The summed E-state index contributed by atoms with van der Waals surface area (Å²) < 4.78 is 13.5. The molecule has 118 valence electrons. The largest absolute Gasteiger partial charge is 0.361 e. The number of rotatable bonds is 4. The Morgan fingerprint density at radius 2 is 1.96 bits per heavy atom. The molecule has 0 radical (unpaired) electrons. The van der Waals surface area contributed by atoms with Crippen molar-refractivity contribution >= 4 is 10.9 Å². The first-order valence-electron chi connectivity index (χ1n) is 8.33. The Kier molecular flexibility index (Phi) is 3.88. The number of hydrogen-bond acceptors (Lipinski definition) is 1. The van der Waals surface area contributed by atoms with Crippen LogP contribution in [-0.2, 0) is 6.54 Å². The lowest BCUT2D eigenvalue weighted by molar-refractivity contribution is 0.518. The monoisotopic (exact) mass is 308 g/mol. The fourth-order valence-electron chi connectivity index (χ4n) is 3.76. The van der Waals surface area contributed by atoms with E-state index >= 15 is 0 Å². The second-order valence-corrected chi connectivity index (χ2v) is 6.51. The molecular formula is C20H21FN2. The topological polar surface area (TPSA) is 27.8 Å². The van der Waals surface area contributed by atoms with E-state index in [1.54, 1.807) is 6.07 Å². The van der Waals surface area contributed by atoms with Crippen LogP contribution in [0.5, 0.6) is 0 Å². The SMILES string of the molecule is Fc1ccc2[nH]cc(C3CCC(NCc4ccccc4)C3)c2c1. The van der Waals surface area contributed by atoms with Gasteiger partial charge in [-0.15, -0.1) is 0 Å². The van der Waals surface area contributed by atoms with Crippen LogP contribution in [0.4, 0.5) is 4.39 Å². The van der Waals surface area contributed by atoms with Crippen LogP contribution in [0, 0.1) is 5.82 Å². The lowest BCUT2D eigenvalue weighted by Gasteiger charge is -2.13. The van der Waals surface area contributed by atoms with Gasteiger partial charge in [0.15, 0.2) is 0 Å². The summed E-state index contributed by atoms with van der Waals surface area (Å²) in [6, 6.07) is 16.1. The Morgan fingerprint density at radius 1 is 1.09 bits per heavy atom. The molecule has 0 spiro atoms. The van der Waals surface area contributed by atoms with E-state index in [-0.39, 0.29) is 5.82 Å². The fraction of sp³-hybridized carbons (Fsp3) is 0.300. The van der Waals surface area contributed by atoms with Gasteiger partial charge in [-0.05, 0) is 54.5 Å². The van der Waals surface area contributed by atoms with Crippen molar-refractivity contribution in [1.82, 2.24) is 10.3 Å². The van der Waals surface area contributed by atoms with Gasteiger partial charge in [0, 0.05) is 29.7 Å². The van der Waals surface area contributed by atoms with Gasteiger partial charge in [-0.1, -0.05) is 30.3 Å². The number of halogens is 1. The maximum atomic E-state index is 13.5. The van der Waals surface area contributed by atoms with Gasteiger partial charge in [0.2, 0.25) is 0 Å². The summed E-state index contributed by atoms with van der Waals surface area (Å²) >= 11 is 0. The van der Waals surface area contributed by atoms with Gasteiger partial charge in [0.25, 0.3) is 0 Å². The molecule has 3 heteroatoms. The zero-order chi connectivity index (χ0) is 15.6. The molecule has 1 aromatic heterocycles. The van der Waals surface area contributed by atoms with Gasteiger partial charge in [0.1, 0.15) is 5.82 Å². The molecular weight excluding hydrogens is 287 g/mol. The molecule has 2 atom stereocenters. The molecule has 0 aliphatic heterocycles. The Hall–Kier alpha value is -2.13. The lowest BCUT2D eigenvalue weighted by atomic mass is 9.97. The van der Waals surface area contributed by atoms with Crippen LogP contribution in [0.3, 0.4) is 0 Å². The van der Waals surface area contributed by atoms with Gasteiger partial charge in [-0.2, -0.15) is 0 Å². The molecule has 0 saturated heterocycles. The molecule has 2 nitrogen and oxygen atoms in total. The Bertz CT molecular complexity index is 794. The molecule has 2 unspecified atom stereocenters. The van der Waals surface area contributed by atoms with Crippen molar-refractivity contribution in [1.29, 1.82) is 0 Å². The van der Waals surface area contributed by atoms with Crippen LogP contribution in [-0.4, -0.2) is 11.0 Å². The molecule has 4 rings (SSSR count). The molecule has 1 aliphatic carbocycles. The minimum absolute atomic E-state index is 0.157. The molecule has 0 amide bonds. The second-order valence-electron chi connectivity index (χ2n) is 6.51. The number of aromatic amines is 1. The third-order valence-electron chi connectivity index (χ3n) is 4.99. The van der Waals surface area contributed by atoms with Crippen molar-refractivity contribution in [3.8, 4) is 0 Å². The average Bonchev–Trinajstić information content (AvgIpc) is 3.20. The first-order chi connectivity index (χ1) is 11.3. The predicted octanol–water partition coefficient (Wildman–Crippen LogP) is 4.73. The first kappa shape index (κ1) is 14.5. The van der Waals surface area contributed by atoms with Gasteiger partial charge in [0.05, 0.1) is 0 Å². The fourth-order valence-corrected chi connectivity index (χ4v) is 3.76. The van der Waals surface area contributed by atoms with E-state index in [1.165, 1.54) is 23.6 Å². The van der Waals surface area contributed by atoms with Gasteiger partial charge in [-0.3, -0.25) is 0 Å². The summed E-state index contributed by atoms with van der Waals surface area (Å²) in [5.74, 6) is 0.355. The third kappa shape index (κ3) is 3.02. The Balaban J connectivity index is 1.44. The van der Waals surface area contributed by atoms with Crippen LogP contribution >= 0.6 is 0 Å². The summed E-state index contributed by atoms with van der Waals surface area (Å²) in [6.07, 6.45) is 5.53. The van der Waals surface area contributed by atoms with Gasteiger partial charge in [-0.25, -0.2) is 4.39 Å². The zero-order valence-corrected chi connectivity index (χ0v) is 13.1. The summed E-state index contributed by atoms with van der Waals surface area (Å²) in [5, 5.41) is 4.71. The molecule has 0 bridgehead atoms. The highest BCUT2D eigenvalue weighted by atomic mass is 19.1. The van der Waals surface area contributed by atoms with E-state index in [1.807, 2.05) is 12.1 Å². The second kappa shape index (κ2) is 6.17. The molecule has 1 saturated carbocycles. The van der Waals surface area contributed by atoms with Crippen molar-refractivity contribution in [2.75, 3.05) is 0 Å². The summed E-state index contributed by atoms with van der Waals surface area (Å²) in [4.78, 5) is 3.28. The van der Waals surface area contributed by atoms with Crippen LogP contribution < -0.4 is 5.32 Å². The molecule has 2 aromatic carbocycles. The van der Waals surface area contributed by atoms with Crippen LogP contribution in [0.25, 0.3) is 10.9 Å². The van der Waals surface area contributed by atoms with Crippen molar-refractivity contribution in [2.45, 2.75) is 37.8 Å². The van der Waals surface area contributed by atoms with Crippen LogP contribution in [0.15, 0.2) is 54.7 Å². The molecule has 3 aromatic rings. The maximum Gasteiger partial charge on any atom is 0.123 e. The summed E-state index contributed by atoms with van der Waals surface area (Å²) in [5.41, 5.74) is 3.62. The van der Waals surface area contributed by atoms with E-state index in [2.05, 4.69) is 40.8 Å². The van der Waals surface area contributed by atoms with Crippen LogP contribution in [0.1, 0.15) is 36.3 Å². The maximum absolute atomic E-state index is 13.5. The van der Waals surface area contributed by atoms with E-state index in [9.17, 15) is 4.39 Å². The van der Waals surface area contributed by atoms with E-state index in [4.69, 9.17) is 0 Å². The highest BCUT2D eigenvalue weighted by Gasteiger charge is 2.27. The van der Waals surface area contributed by atoms with Gasteiger partial charge < -0.3 is 10.3 Å². The number of H-pyrrole nitrogens is 1. The molecule has 1 aliphatic rings. The highest BCUT2D eigenvalue weighted by Crippen LogP contribution is 2.38. The number of nitrogens with one attached hydrogen (secondary N) is 2. The number of hydrogen-bond donors (Lipinski definition) is 2. The first-order valence-corrected chi connectivity index (χ1v) is 8.33. The summed E-state index contributed by atoms with van der Waals surface area (Å²) in [7, 11) is 0. The average molecular weight is 308 g/mol. The Labute approximate surface area is 135 Å². The molecule has 23 heavy (non-hydrogen) atoms. The zero-order valence-electron chi connectivity index (χ0n) is 13.1. The highest BCUT2D eigenvalue weighted by molar-refractivity contribution is 5.83. The standard InChI is InChI=1S/C20H21FN2/c21-16-7-9-20-18(11-16)19(13-23-20)15-6-8-17(10-15)22-12-14-4-2-1-3-5-14/h1-5,7,9,11,13,15,17,22-23H,6,8,10,12H2. The normalized spacial score (nSPS) is 21.1. The lowest BCUT2D eigenvalue weighted by Crippen LogP contribution is -2.25. The van der Waals surface area contributed by atoms with Crippen molar-refractivity contribution in [2.24, 2.45) is 0 Å². The van der Waals surface area contributed by atoms with Gasteiger partial charge >= 0.3 is 0 Å². The minimum atomic E-state index is -0.157. The predicted molar refractivity (Wildman–Crippen MR) is 91.9 cm³/mol. The van der Waals surface area contributed by atoms with E-state index in [0.717, 1.165) is 30.3 Å². The van der Waals surface area contributed by atoms with Crippen LogP contribution in [0.2, 0.25) is 0 Å². The van der Waals surface area contributed by atoms with Crippen molar-refractivity contribution in [3.05, 3.63) is 71.7 Å². The molecule has 1 heterocycles. The van der Waals surface area contributed by atoms with E-state index < -0.39 is 0 Å². The van der Waals surface area contributed by atoms with Crippen molar-refractivity contribution < 1.29 is 4.39 Å². The quantitative estimate of drug-likeness (QED) is 0.716. The minimum Gasteiger partial charge on any atom is -0.361 e. The number of benzene rings is 2. The Morgan fingerprint density at radius 3 is 2.83 bits per heavy atom. The summed E-state index contributed by atoms with van der Waals surface area (Å²) in [6.45, 7) is 0.917. The third-order valence-corrected chi connectivity index (χ3v) is 4.99. The van der Waals surface area contributed by atoms with E-state index in [0.29, 0.717) is 12.0 Å².